The van der Waals surface area contributed by atoms with Gasteiger partial charge in [0.05, 0.1) is 5.69 Å². The quantitative estimate of drug-likeness (QED) is 0.839. The highest BCUT2D eigenvalue weighted by molar-refractivity contribution is 7.13. The highest BCUT2D eigenvalue weighted by atomic mass is 32.1. The molecule has 3 amide bonds. The number of amides is 3. The topological polar surface area (TPSA) is 79.4 Å². The molecule has 20 heavy (non-hydrogen) atoms. The van der Waals surface area contributed by atoms with E-state index in [9.17, 15) is 14.4 Å². The van der Waals surface area contributed by atoms with Crippen LogP contribution in [0.15, 0.2) is 5.38 Å². The average Bonchev–Trinajstić information content (AvgIpc) is 2.96. The molecule has 1 aromatic rings. The maximum absolute atomic E-state index is 11.8. The number of hydrogen-bond donors (Lipinski definition) is 1. The zero-order valence-electron chi connectivity index (χ0n) is 11.5. The summed E-state index contributed by atoms with van der Waals surface area (Å²) in [6.45, 7) is 4.21. The summed E-state index contributed by atoms with van der Waals surface area (Å²) in [7, 11) is 0. The summed E-state index contributed by atoms with van der Waals surface area (Å²) in [5.41, 5.74) is 0.940. The maximum atomic E-state index is 11.8. The van der Waals surface area contributed by atoms with Crippen molar-refractivity contribution >= 4 is 34.2 Å². The second kappa shape index (κ2) is 6.13. The van der Waals surface area contributed by atoms with Gasteiger partial charge in [-0.1, -0.05) is 13.8 Å². The van der Waals surface area contributed by atoms with E-state index < -0.39 is 0 Å². The van der Waals surface area contributed by atoms with E-state index in [2.05, 4.69) is 10.3 Å². The lowest BCUT2D eigenvalue weighted by molar-refractivity contribution is -0.138. The van der Waals surface area contributed by atoms with Crippen molar-refractivity contribution in [3.8, 4) is 0 Å². The van der Waals surface area contributed by atoms with Crippen molar-refractivity contribution in [3.63, 3.8) is 0 Å². The van der Waals surface area contributed by atoms with Gasteiger partial charge in [-0.3, -0.25) is 19.3 Å². The molecule has 1 fully saturated rings. The lowest BCUT2D eigenvalue weighted by Crippen LogP contribution is -2.32. The largest absolute Gasteiger partial charge is 0.302 e. The number of carbonyl (C=O) groups is 3. The van der Waals surface area contributed by atoms with Gasteiger partial charge >= 0.3 is 0 Å². The Bertz CT molecular complexity index is 523. The monoisotopic (exact) mass is 295 g/mol. The first-order valence-corrected chi connectivity index (χ1v) is 7.44. The number of aromatic nitrogens is 1. The van der Waals surface area contributed by atoms with Crippen molar-refractivity contribution in [3.05, 3.63) is 11.1 Å². The summed E-state index contributed by atoms with van der Waals surface area (Å²) in [5, 5.41) is 5.15. The van der Waals surface area contributed by atoms with Gasteiger partial charge in [-0.2, -0.15) is 0 Å². The lowest BCUT2D eigenvalue weighted by atomic mass is 10.2. The van der Waals surface area contributed by atoms with E-state index in [0.29, 0.717) is 11.0 Å². The summed E-state index contributed by atoms with van der Waals surface area (Å²) in [4.78, 5) is 40.0. The standard InChI is InChI=1S/C13H17N3O3S/c1-8(2)9-7-20-13(14-9)15-10(17)5-6-16-11(18)3-4-12(16)19/h7-8H,3-6H2,1-2H3,(H,14,15,17). The Morgan fingerprint density at radius 2 is 2.05 bits per heavy atom. The van der Waals surface area contributed by atoms with Crippen LogP contribution in [0, 0.1) is 0 Å². The average molecular weight is 295 g/mol. The molecule has 108 valence electrons. The zero-order valence-corrected chi connectivity index (χ0v) is 12.3. The summed E-state index contributed by atoms with van der Waals surface area (Å²) in [6.07, 6.45) is 0.615. The fraction of sp³-hybridized carbons (Fsp3) is 0.538. The summed E-state index contributed by atoms with van der Waals surface area (Å²) in [6, 6.07) is 0. The van der Waals surface area contributed by atoms with E-state index in [0.717, 1.165) is 10.6 Å². The summed E-state index contributed by atoms with van der Waals surface area (Å²) < 4.78 is 0. The van der Waals surface area contributed by atoms with Gasteiger partial charge in [0.15, 0.2) is 5.13 Å². The summed E-state index contributed by atoms with van der Waals surface area (Å²) in [5.74, 6) is -0.308. The summed E-state index contributed by atoms with van der Waals surface area (Å²) >= 11 is 1.37. The highest BCUT2D eigenvalue weighted by Crippen LogP contribution is 2.21. The molecule has 2 heterocycles. The van der Waals surface area contributed by atoms with E-state index >= 15 is 0 Å². The molecule has 7 heteroatoms. The minimum atomic E-state index is -0.234. The lowest BCUT2D eigenvalue weighted by Gasteiger charge is -2.12. The molecule has 0 radical (unpaired) electrons. The number of anilines is 1. The van der Waals surface area contributed by atoms with Gasteiger partial charge in [0.1, 0.15) is 0 Å². The zero-order chi connectivity index (χ0) is 14.7. The third kappa shape index (κ3) is 3.41. The number of nitrogens with one attached hydrogen (secondary N) is 1. The molecule has 1 N–H and O–H groups in total. The highest BCUT2D eigenvalue weighted by Gasteiger charge is 2.28. The minimum absolute atomic E-state index is 0.105. The fourth-order valence-electron chi connectivity index (χ4n) is 1.88. The van der Waals surface area contributed by atoms with Crippen molar-refractivity contribution in [1.82, 2.24) is 9.88 Å². The maximum Gasteiger partial charge on any atom is 0.229 e. The van der Waals surface area contributed by atoms with Crippen LogP contribution in [0.5, 0.6) is 0 Å². The van der Waals surface area contributed by atoms with Gasteiger partial charge in [-0.05, 0) is 5.92 Å². The smallest absolute Gasteiger partial charge is 0.229 e. The SMILES string of the molecule is CC(C)c1csc(NC(=O)CCN2C(=O)CCC2=O)n1. The Hall–Kier alpha value is -1.76. The van der Waals surface area contributed by atoms with E-state index in [4.69, 9.17) is 0 Å². The molecule has 1 aromatic heterocycles. The van der Waals surface area contributed by atoms with Crippen LogP contribution in [0.2, 0.25) is 0 Å². The van der Waals surface area contributed by atoms with E-state index in [1.165, 1.54) is 11.3 Å². The number of imide groups is 1. The molecule has 0 bridgehead atoms. The van der Waals surface area contributed by atoms with Gasteiger partial charge in [0.2, 0.25) is 17.7 Å². The Morgan fingerprint density at radius 3 is 2.60 bits per heavy atom. The van der Waals surface area contributed by atoms with Gasteiger partial charge in [0, 0.05) is 31.2 Å². The van der Waals surface area contributed by atoms with Crippen molar-refractivity contribution in [2.24, 2.45) is 0 Å². The first-order valence-electron chi connectivity index (χ1n) is 6.56. The molecule has 1 aliphatic heterocycles. The number of carbonyl (C=O) groups excluding carboxylic acids is 3. The van der Waals surface area contributed by atoms with E-state index in [-0.39, 0.29) is 43.5 Å². The number of likely N-dealkylation sites (tertiary alicyclic amines) is 1. The Balaban J connectivity index is 1.83. The van der Waals surface area contributed by atoms with Crippen LogP contribution in [-0.2, 0) is 14.4 Å². The number of rotatable bonds is 5. The number of hydrogen-bond acceptors (Lipinski definition) is 5. The van der Waals surface area contributed by atoms with Gasteiger partial charge in [-0.25, -0.2) is 4.98 Å². The van der Waals surface area contributed by atoms with Crippen LogP contribution in [-0.4, -0.2) is 34.2 Å². The Morgan fingerprint density at radius 1 is 1.40 bits per heavy atom. The predicted octanol–water partition coefficient (Wildman–Crippen LogP) is 1.74. The Labute approximate surface area is 121 Å². The third-order valence-electron chi connectivity index (χ3n) is 3.08. The molecular weight excluding hydrogens is 278 g/mol. The molecule has 1 saturated heterocycles. The molecule has 0 unspecified atom stereocenters. The minimum Gasteiger partial charge on any atom is -0.302 e. The van der Waals surface area contributed by atoms with Crippen molar-refractivity contribution in [2.75, 3.05) is 11.9 Å². The van der Waals surface area contributed by atoms with Gasteiger partial charge in [0.25, 0.3) is 0 Å². The molecule has 1 aliphatic rings. The van der Waals surface area contributed by atoms with Crippen LogP contribution >= 0.6 is 11.3 Å². The van der Waals surface area contributed by atoms with Gasteiger partial charge < -0.3 is 5.32 Å². The molecular formula is C13H17N3O3S. The number of nitrogens with zero attached hydrogens (tertiary/aromatic N) is 2. The fourth-order valence-corrected chi connectivity index (χ4v) is 2.76. The first-order chi connectivity index (χ1) is 9.47. The Kier molecular flexibility index (Phi) is 4.49. The van der Waals surface area contributed by atoms with Crippen LogP contribution in [0.25, 0.3) is 0 Å². The van der Waals surface area contributed by atoms with Crippen molar-refractivity contribution in [1.29, 1.82) is 0 Å². The third-order valence-corrected chi connectivity index (χ3v) is 3.85. The van der Waals surface area contributed by atoms with Gasteiger partial charge in [-0.15, -0.1) is 11.3 Å². The second-order valence-electron chi connectivity index (χ2n) is 4.97. The normalized spacial score (nSPS) is 15.2. The molecule has 0 aromatic carbocycles. The number of thiazole rings is 1. The molecule has 6 nitrogen and oxygen atoms in total. The van der Waals surface area contributed by atoms with Crippen LogP contribution in [0.3, 0.4) is 0 Å². The molecule has 0 saturated carbocycles. The predicted molar refractivity (Wildman–Crippen MR) is 75.4 cm³/mol. The van der Waals surface area contributed by atoms with Crippen molar-refractivity contribution < 1.29 is 14.4 Å². The van der Waals surface area contributed by atoms with Crippen molar-refractivity contribution in [2.45, 2.75) is 39.0 Å². The van der Waals surface area contributed by atoms with E-state index in [1.54, 1.807) is 0 Å². The second-order valence-corrected chi connectivity index (χ2v) is 5.83. The molecule has 0 spiro atoms. The first kappa shape index (κ1) is 14.6. The van der Waals surface area contributed by atoms with Crippen LogP contribution < -0.4 is 5.32 Å². The molecule has 0 aliphatic carbocycles. The van der Waals surface area contributed by atoms with Crippen LogP contribution in [0.4, 0.5) is 5.13 Å². The molecule has 0 atom stereocenters. The van der Waals surface area contributed by atoms with E-state index in [1.807, 2.05) is 19.2 Å². The molecule has 2 rings (SSSR count). The van der Waals surface area contributed by atoms with Crippen LogP contribution in [0.1, 0.15) is 44.7 Å².